The van der Waals surface area contributed by atoms with Crippen LogP contribution >= 0.6 is 11.8 Å². The second-order valence-electron chi connectivity index (χ2n) is 3.08. The molecule has 1 heterocycles. The minimum Gasteiger partial charge on any atom is -0.319 e. The van der Waals surface area contributed by atoms with Crippen molar-refractivity contribution >= 4 is 17.4 Å². The molecular formula is C10H14N2S. The van der Waals surface area contributed by atoms with Crippen molar-refractivity contribution in [1.82, 2.24) is 5.01 Å². The Balaban J connectivity index is 1.90. The third-order valence-electron chi connectivity index (χ3n) is 2.07. The lowest BCUT2D eigenvalue weighted by atomic mass is 10.3. The van der Waals surface area contributed by atoms with Crippen LogP contribution in [0.1, 0.15) is 0 Å². The van der Waals surface area contributed by atoms with Crippen LogP contribution in [0.3, 0.4) is 0 Å². The van der Waals surface area contributed by atoms with Crippen LogP contribution in [0.25, 0.3) is 0 Å². The molecular weight excluding hydrogens is 180 g/mol. The lowest BCUT2D eigenvalue weighted by molar-refractivity contribution is 0.365. The Labute approximate surface area is 83.3 Å². The van der Waals surface area contributed by atoms with E-state index in [-0.39, 0.29) is 0 Å². The molecule has 0 atom stereocenters. The van der Waals surface area contributed by atoms with E-state index in [0.29, 0.717) is 0 Å². The van der Waals surface area contributed by atoms with Crippen LogP contribution in [-0.2, 0) is 0 Å². The summed E-state index contributed by atoms with van der Waals surface area (Å²) < 4.78 is 0. The van der Waals surface area contributed by atoms with Gasteiger partial charge in [0.1, 0.15) is 0 Å². The van der Waals surface area contributed by atoms with Crippen LogP contribution in [0.15, 0.2) is 30.3 Å². The molecule has 1 aromatic rings. The van der Waals surface area contributed by atoms with Gasteiger partial charge in [-0.3, -0.25) is 0 Å². The number of para-hydroxylation sites is 1. The van der Waals surface area contributed by atoms with Gasteiger partial charge in [0.05, 0.1) is 0 Å². The zero-order valence-electron chi connectivity index (χ0n) is 7.57. The molecule has 2 rings (SSSR count). The fourth-order valence-corrected chi connectivity index (χ4v) is 2.27. The summed E-state index contributed by atoms with van der Waals surface area (Å²) in [6.07, 6.45) is 0. The SMILES string of the molecule is c1ccc(NN2CCSCC2)cc1. The standard InChI is InChI=1S/C10H14N2S/c1-2-4-10(5-3-1)11-12-6-8-13-9-7-12/h1-5,11H,6-9H2. The summed E-state index contributed by atoms with van der Waals surface area (Å²) >= 11 is 2.03. The average Bonchev–Trinajstić information content (AvgIpc) is 2.21. The van der Waals surface area contributed by atoms with Crippen molar-refractivity contribution in [3.8, 4) is 0 Å². The number of rotatable bonds is 2. The summed E-state index contributed by atoms with van der Waals surface area (Å²) in [5.74, 6) is 2.47. The molecule has 1 aromatic carbocycles. The van der Waals surface area contributed by atoms with Crippen LogP contribution in [0, 0.1) is 0 Å². The van der Waals surface area contributed by atoms with Gasteiger partial charge < -0.3 is 5.43 Å². The highest BCUT2D eigenvalue weighted by atomic mass is 32.2. The molecule has 3 heteroatoms. The van der Waals surface area contributed by atoms with Crippen molar-refractivity contribution in [2.24, 2.45) is 0 Å². The first kappa shape index (κ1) is 8.91. The molecule has 1 N–H and O–H groups in total. The van der Waals surface area contributed by atoms with Crippen molar-refractivity contribution in [3.05, 3.63) is 30.3 Å². The van der Waals surface area contributed by atoms with E-state index in [1.165, 1.54) is 17.2 Å². The molecule has 1 fully saturated rings. The van der Waals surface area contributed by atoms with Crippen LogP contribution in [0.2, 0.25) is 0 Å². The van der Waals surface area contributed by atoms with Crippen LogP contribution in [0.5, 0.6) is 0 Å². The molecule has 1 saturated heterocycles. The molecule has 0 saturated carbocycles. The monoisotopic (exact) mass is 194 g/mol. The number of anilines is 1. The predicted octanol–water partition coefficient (Wildman–Crippen LogP) is 2.06. The maximum absolute atomic E-state index is 3.40. The molecule has 0 aromatic heterocycles. The highest BCUT2D eigenvalue weighted by molar-refractivity contribution is 7.99. The molecule has 0 bridgehead atoms. The fraction of sp³-hybridized carbons (Fsp3) is 0.400. The number of hydrogen-bond acceptors (Lipinski definition) is 3. The Kier molecular flexibility index (Phi) is 3.11. The van der Waals surface area contributed by atoms with E-state index in [0.717, 1.165) is 13.1 Å². The van der Waals surface area contributed by atoms with Crippen molar-refractivity contribution in [3.63, 3.8) is 0 Å². The van der Waals surface area contributed by atoms with E-state index in [1.807, 2.05) is 17.8 Å². The van der Waals surface area contributed by atoms with Gasteiger partial charge in [0.2, 0.25) is 0 Å². The molecule has 70 valence electrons. The Morgan fingerprint density at radius 3 is 2.46 bits per heavy atom. The van der Waals surface area contributed by atoms with E-state index in [9.17, 15) is 0 Å². The first-order valence-corrected chi connectivity index (χ1v) is 5.75. The second-order valence-corrected chi connectivity index (χ2v) is 4.30. The van der Waals surface area contributed by atoms with E-state index < -0.39 is 0 Å². The van der Waals surface area contributed by atoms with Gasteiger partial charge in [0.15, 0.2) is 0 Å². The summed E-state index contributed by atoms with van der Waals surface area (Å²) in [4.78, 5) is 0. The molecule has 1 aliphatic rings. The average molecular weight is 194 g/mol. The maximum atomic E-state index is 3.40. The summed E-state index contributed by atoms with van der Waals surface area (Å²) in [6.45, 7) is 2.28. The third kappa shape index (κ3) is 2.64. The maximum Gasteiger partial charge on any atom is 0.0490 e. The van der Waals surface area contributed by atoms with Gasteiger partial charge in [0.25, 0.3) is 0 Å². The molecule has 0 aliphatic carbocycles. The van der Waals surface area contributed by atoms with Gasteiger partial charge in [-0.15, -0.1) is 0 Å². The van der Waals surface area contributed by atoms with Crippen molar-refractivity contribution < 1.29 is 0 Å². The normalized spacial score (nSPS) is 18.5. The molecule has 1 aliphatic heterocycles. The van der Waals surface area contributed by atoms with Gasteiger partial charge in [-0.2, -0.15) is 11.8 Å². The largest absolute Gasteiger partial charge is 0.319 e. The number of benzene rings is 1. The number of hydrogen-bond donors (Lipinski definition) is 1. The van der Waals surface area contributed by atoms with Crippen LogP contribution < -0.4 is 5.43 Å². The highest BCUT2D eigenvalue weighted by Gasteiger charge is 2.08. The quantitative estimate of drug-likeness (QED) is 0.776. The summed E-state index contributed by atoms with van der Waals surface area (Å²) in [7, 11) is 0. The molecule has 13 heavy (non-hydrogen) atoms. The first-order chi connectivity index (χ1) is 6.45. The van der Waals surface area contributed by atoms with Gasteiger partial charge in [0, 0.05) is 30.3 Å². The van der Waals surface area contributed by atoms with E-state index in [2.05, 4.69) is 34.7 Å². The van der Waals surface area contributed by atoms with E-state index >= 15 is 0 Å². The smallest absolute Gasteiger partial charge is 0.0490 e. The van der Waals surface area contributed by atoms with Crippen molar-refractivity contribution in [2.75, 3.05) is 30.0 Å². The fourth-order valence-electron chi connectivity index (χ4n) is 1.37. The summed E-state index contributed by atoms with van der Waals surface area (Å²) in [6, 6.07) is 10.3. The zero-order valence-corrected chi connectivity index (χ0v) is 8.39. The Morgan fingerprint density at radius 2 is 1.77 bits per heavy atom. The van der Waals surface area contributed by atoms with E-state index in [1.54, 1.807) is 0 Å². The zero-order chi connectivity index (χ0) is 8.93. The lowest BCUT2D eigenvalue weighted by Gasteiger charge is -2.27. The van der Waals surface area contributed by atoms with Gasteiger partial charge in [-0.05, 0) is 12.1 Å². The molecule has 0 amide bonds. The minimum atomic E-state index is 1.14. The van der Waals surface area contributed by atoms with Gasteiger partial charge in [-0.25, -0.2) is 5.01 Å². The predicted molar refractivity (Wildman–Crippen MR) is 59.0 cm³/mol. The molecule has 0 spiro atoms. The molecule has 0 radical (unpaired) electrons. The highest BCUT2D eigenvalue weighted by Crippen LogP contribution is 2.12. The molecule has 0 unspecified atom stereocenters. The first-order valence-electron chi connectivity index (χ1n) is 4.59. The van der Waals surface area contributed by atoms with Crippen molar-refractivity contribution in [2.45, 2.75) is 0 Å². The minimum absolute atomic E-state index is 1.14. The van der Waals surface area contributed by atoms with Gasteiger partial charge in [-0.1, -0.05) is 18.2 Å². The van der Waals surface area contributed by atoms with Crippen LogP contribution in [-0.4, -0.2) is 29.6 Å². The Morgan fingerprint density at radius 1 is 1.08 bits per heavy atom. The Hall–Kier alpha value is -0.670. The second kappa shape index (κ2) is 4.53. The summed E-state index contributed by atoms with van der Waals surface area (Å²) in [5, 5.41) is 2.28. The summed E-state index contributed by atoms with van der Waals surface area (Å²) in [5.41, 5.74) is 4.59. The topological polar surface area (TPSA) is 15.3 Å². The number of thioether (sulfide) groups is 1. The number of hydrazine groups is 1. The van der Waals surface area contributed by atoms with Crippen LogP contribution in [0.4, 0.5) is 5.69 Å². The Bertz CT molecular complexity index is 244. The lowest BCUT2D eigenvalue weighted by Crippen LogP contribution is -2.37. The van der Waals surface area contributed by atoms with E-state index in [4.69, 9.17) is 0 Å². The number of nitrogens with one attached hydrogen (secondary N) is 1. The number of nitrogens with zero attached hydrogens (tertiary/aromatic N) is 1. The third-order valence-corrected chi connectivity index (χ3v) is 3.01. The molecule has 2 nitrogen and oxygen atoms in total. The van der Waals surface area contributed by atoms with Crippen molar-refractivity contribution in [1.29, 1.82) is 0 Å². The van der Waals surface area contributed by atoms with Gasteiger partial charge >= 0.3 is 0 Å².